The van der Waals surface area contributed by atoms with E-state index < -0.39 is 6.04 Å². The first-order valence-electron chi connectivity index (χ1n) is 5.76. The zero-order valence-electron chi connectivity index (χ0n) is 10.2. The molecule has 0 bridgehead atoms. The third kappa shape index (κ3) is 2.96. The average molecular weight is 237 g/mol. The summed E-state index contributed by atoms with van der Waals surface area (Å²) < 4.78 is 4.73. The summed E-state index contributed by atoms with van der Waals surface area (Å²) in [5, 5.41) is 0. The van der Waals surface area contributed by atoms with Crippen LogP contribution in [0.25, 0.3) is 0 Å². The number of hydrogen-bond donors (Lipinski definition) is 0. The predicted octanol–water partition coefficient (Wildman–Crippen LogP) is 1.67. The highest BCUT2D eigenvalue weighted by atomic mass is 16.5. The Kier molecular flexibility index (Phi) is 4.94. The van der Waals surface area contributed by atoms with Crippen molar-refractivity contribution in [3.05, 3.63) is 25.3 Å². The fourth-order valence-corrected chi connectivity index (χ4v) is 2.28. The number of carbonyl (C=O) groups excluding carboxylic acids is 2. The maximum absolute atomic E-state index is 12.0. The van der Waals surface area contributed by atoms with Crippen molar-refractivity contribution in [1.29, 1.82) is 0 Å². The fraction of sp³-hybridized carbons (Fsp3) is 0.538. The summed E-state index contributed by atoms with van der Waals surface area (Å²) in [6.07, 6.45) is 5.76. The molecule has 2 atom stereocenters. The molecule has 0 unspecified atom stereocenters. The average Bonchev–Trinajstić information content (AvgIpc) is 2.72. The van der Waals surface area contributed by atoms with Crippen molar-refractivity contribution in [1.82, 2.24) is 4.90 Å². The highest BCUT2D eigenvalue weighted by molar-refractivity contribution is 5.86. The Morgan fingerprint density at radius 3 is 2.59 bits per heavy atom. The van der Waals surface area contributed by atoms with Gasteiger partial charge < -0.3 is 9.64 Å². The van der Waals surface area contributed by atoms with Crippen LogP contribution in [-0.2, 0) is 14.3 Å². The molecule has 1 saturated heterocycles. The van der Waals surface area contributed by atoms with Crippen LogP contribution in [0, 0.1) is 0 Å². The first kappa shape index (κ1) is 13.5. The Balaban J connectivity index is 2.85. The van der Waals surface area contributed by atoms with Crippen LogP contribution < -0.4 is 0 Å². The molecule has 0 spiro atoms. The molecule has 0 aromatic carbocycles. The fourth-order valence-electron chi connectivity index (χ4n) is 2.28. The Bertz CT molecular complexity index is 325. The van der Waals surface area contributed by atoms with E-state index in [9.17, 15) is 9.59 Å². The van der Waals surface area contributed by atoms with E-state index in [0.717, 1.165) is 6.42 Å². The molecular formula is C13H19NO3. The minimum absolute atomic E-state index is 0.0593. The normalized spacial score (nSPS) is 23.2. The number of methoxy groups -OCH3 is 1. The maximum atomic E-state index is 12.0. The molecule has 1 aliphatic heterocycles. The van der Waals surface area contributed by atoms with Crippen molar-refractivity contribution < 1.29 is 14.3 Å². The quantitative estimate of drug-likeness (QED) is 0.540. The number of esters is 1. The van der Waals surface area contributed by atoms with E-state index in [1.54, 1.807) is 17.1 Å². The summed E-state index contributed by atoms with van der Waals surface area (Å²) in [7, 11) is 1.35. The lowest BCUT2D eigenvalue weighted by molar-refractivity contribution is -0.151. The lowest BCUT2D eigenvalue weighted by Gasteiger charge is -2.28. The van der Waals surface area contributed by atoms with Crippen LogP contribution in [0.3, 0.4) is 0 Å². The van der Waals surface area contributed by atoms with Gasteiger partial charge in [-0.05, 0) is 19.3 Å². The molecule has 1 heterocycles. The summed E-state index contributed by atoms with van der Waals surface area (Å²) in [6.45, 7) is 7.23. The second-order valence-electron chi connectivity index (χ2n) is 4.09. The molecule has 0 radical (unpaired) electrons. The predicted molar refractivity (Wildman–Crippen MR) is 65.3 cm³/mol. The molecule has 1 rings (SSSR count). The molecule has 4 nitrogen and oxygen atoms in total. The van der Waals surface area contributed by atoms with Gasteiger partial charge in [0.15, 0.2) is 0 Å². The Labute approximate surface area is 102 Å². The summed E-state index contributed by atoms with van der Waals surface area (Å²) in [5.74, 6) is -0.409. The Morgan fingerprint density at radius 1 is 1.35 bits per heavy atom. The number of hydrogen-bond acceptors (Lipinski definition) is 3. The van der Waals surface area contributed by atoms with Crippen LogP contribution in [0.15, 0.2) is 25.3 Å². The van der Waals surface area contributed by atoms with E-state index in [2.05, 4.69) is 13.2 Å². The van der Waals surface area contributed by atoms with Crippen molar-refractivity contribution in [2.24, 2.45) is 0 Å². The van der Waals surface area contributed by atoms with Crippen molar-refractivity contribution in [2.75, 3.05) is 7.11 Å². The van der Waals surface area contributed by atoms with Crippen LogP contribution in [0.5, 0.6) is 0 Å². The van der Waals surface area contributed by atoms with Crippen molar-refractivity contribution in [3.63, 3.8) is 0 Å². The summed E-state index contributed by atoms with van der Waals surface area (Å²) in [5.41, 5.74) is 0. The number of nitrogens with zero attached hydrogens (tertiary/aromatic N) is 1. The standard InChI is InChI=1S/C13H19NO3/c1-4-6-10-8-9-11(13(16)17-3)14(10)12(15)7-5-2/h4-5,10-11H,1-2,6-9H2,3H3/t10-,11-/m0/s1. The Hall–Kier alpha value is -1.58. The van der Waals surface area contributed by atoms with Crippen LogP contribution >= 0.6 is 0 Å². The number of amides is 1. The molecule has 0 saturated carbocycles. The van der Waals surface area contributed by atoms with E-state index in [1.807, 2.05) is 0 Å². The molecule has 0 aliphatic carbocycles. The first-order valence-corrected chi connectivity index (χ1v) is 5.76. The molecule has 1 aliphatic rings. The summed E-state index contributed by atoms with van der Waals surface area (Å²) in [4.78, 5) is 25.2. The zero-order valence-corrected chi connectivity index (χ0v) is 10.2. The van der Waals surface area contributed by atoms with E-state index in [-0.39, 0.29) is 24.3 Å². The smallest absolute Gasteiger partial charge is 0.328 e. The number of carbonyl (C=O) groups is 2. The van der Waals surface area contributed by atoms with Gasteiger partial charge in [0.25, 0.3) is 0 Å². The Morgan fingerprint density at radius 2 is 2.06 bits per heavy atom. The van der Waals surface area contributed by atoms with Crippen LogP contribution in [0.2, 0.25) is 0 Å². The number of rotatable bonds is 5. The van der Waals surface area contributed by atoms with E-state index >= 15 is 0 Å². The van der Waals surface area contributed by atoms with Gasteiger partial charge in [0.2, 0.25) is 5.91 Å². The topological polar surface area (TPSA) is 46.6 Å². The lowest BCUT2D eigenvalue weighted by atomic mass is 10.1. The first-order chi connectivity index (χ1) is 8.15. The maximum Gasteiger partial charge on any atom is 0.328 e. The van der Waals surface area contributed by atoms with Gasteiger partial charge in [0, 0.05) is 12.5 Å². The van der Waals surface area contributed by atoms with Crippen molar-refractivity contribution >= 4 is 11.9 Å². The zero-order chi connectivity index (χ0) is 12.8. The van der Waals surface area contributed by atoms with Crippen LogP contribution in [0.1, 0.15) is 25.7 Å². The molecule has 0 N–H and O–H groups in total. The molecule has 4 heteroatoms. The van der Waals surface area contributed by atoms with E-state index in [4.69, 9.17) is 4.74 Å². The molecule has 1 amide bonds. The van der Waals surface area contributed by atoms with Gasteiger partial charge in [0.05, 0.1) is 7.11 Å². The minimum atomic E-state index is -0.447. The van der Waals surface area contributed by atoms with Gasteiger partial charge >= 0.3 is 5.97 Å². The van der Waals surface area contributed by atoms with Gasteiger partial charge in [-0.25, -0.2) is 4.79 Å². The molecule has 94 valence electrons. The minimum Gasteiger partial charge on any atom is -0.467 e. The second-order valence-corrected chi connectivity index (χ2v) is 4.09. The lowest BCUT2D eigenvalue weighted by Crippen LogP contribution is -2.45. The van der Waals surface area contributed by atoms with E-state index in [0.29, 0.717) is 12.8 Å². The molecule has 0 aromatic heterocycles. The monoisotopic (exact) mass is 237 g/mol. The number of likely N-dealkylation sites (tertiary alicyclic amines) is 1. The van der Waals surface area contributed by atoms with Gasteiger partial charge in [-0.15, -0.1) is 13.2 Å². The summed E-state index contributed by atoms with van der Waals surface area (Å²) in [6, 6.07) is -0.388. The van der Waals surface area contributed by atoms with Gasteiger partial charge in [0.1, 0.15) is 6.04 Å². The molecule has 0 aromatic rings. The van der Waals surface area contributed by atoms with Crippen molar-refractivity contribution in [3.8, 4) is 0 Å². The van der Waals surface area contributed by atoms with Gasteiger partial charge in [-0.2, -0.15) is 0 Å². The largest absolute Gasteiger partial charge is 0.467 e. The van der Waals surface area contributed by atoms with Crippen LogP contribution in [0.4, 0.5) is 0 Å². The third-order valence-corrected chi connectivity index (χ3v) is 3.02. The molecular weight excluding hydrogens is 218 g/mol. The van der Waals surface area contributed by atoms with Crippen LogP contribution in [-0.4, -0.2) is 36.0 Å². The third-order valence-electron chi connectivity index (χ3n) is 3.02. The highest BCUT2D eigenvalue weighted by Crippen LogP contribution is 2.28. The molecule has 17 heavy (non-hydrogen) atoms. The summed E-state index contributed by atoms with van der Waals surface area (Å²) >= 11 is 0. The van der Waals surface area contributed by atoms with Crippen molar-refractivity contribution in [2.45, 2.75) is 37.8 Å². The second kappa shape index (κ2) is 6.23. The highest BCUT2D eigenvalue weighted by Gasteiger charge is 2.40. The SMILES string of the molecule is C=CCC(=O)N1[C@@H](CC=C)CC[C@H]1C(=O)OC. The van der Waals surface area contributed by atoms with E-state index in [1.165, 1.54) is 7.11 Å². The molecule has 1 fully saturated rings. The van der Waals surface area contributed by atoms with Gasteiger partial charge in [-0.1, -0.05) is 12.2 Å². The number of ether oxygens (including phenoxy) is 1. The van der Waals surface area contributed by atoms with Gasteiger partial charge in [-0.3, -0.25) is 4.79 Å².